The quantitative estimate of drug-likeness (QED) is 0.501. The smallest absolute Gasteiger partial charge is 0.311 e. The molecule has 2 aromatic rings. The van der Waals surface area contributed by atoms with Crippen molar-refractivity contribution in [2.24, 2.45) is 0 Å². The largest absolute Gasteiger partial charge is 0.350 e. The van der Waals surface area contributed by atoms with Crippen LogP contribution >= 0.6 is 11.6 Å². The molecule has 2 N–H and O–H groups in total. The Balaban J connectivity index is 1.87. The standard InChI is InChI=1S/C16H15ClN4O3/c1-9(22)18-13-5-2-10-8-11(3-4-12(10)13)19-16-14(21(23)24)6-7-15(17)20-16/h3-4,6-8,13H,2,5H2,1H3,(H,18,22)(H,19,20)/t13-/m0/s1. The van der Waals surface area contributed by atoms with Crippen LogP contribution in [0.2, 0.25) is 5.15 Å². The summed E-state index contributed by atoms with van der Waals surface area (Å²) < 4.78 is 0. The molecule has 3 rings (SSSR count). The van der Waals surface area contributed by atoms with E-state index in [2.05, 4.69) is 15.6 Å². The summed E-state index contributed by atoms with van der Waals surface area (Å²) in [5.41, 5.74) is 2.72. The number of fused-ring (bicyclic) bond motifs is 1. The molecule has 0 saturated heterocycles. The maximum atomic E-state index is 11.2. The van der Waals surface area contributed by atoms with Gasteiger partial charge in [-0.15, -0.1) is 0 Å². The van der Waals surface area contributed by atoms with Crippen molar-refractivity contribution in [3.63, 3.8) is 0 Å². The highest BCUT2D eigenvalue weighted by atomic mass is 35.5. The summed E-state index contributed by atoms with van der Waals surface area (Å²) in [6.07, 6.45) is 1.68. The van der Waals surface area contributed by atoms with Crippen LogP contribution in [-0.2, 0) is 11.2 Å². The molecule has 0 bridgehead atoms. The van der Waals surface area contributed by atoms with Gasteiger partial charge in [-0.2, -0.15) is 0 Å². The van der Waals surface area contributed by atoms with E-state index in [1.807, 2.05) is 18.2 Å². The fourth-order valence-electron chi connectivity index (χ4n) is 2.89. The molecule has 0 spiro atoms. The molecule has 0 fully saturated rings. The van der Waals surface area contributed by atoms with Crippen LogP contribution in [0, 0.1) is 10.1 Å². The van der Waals surface area contributed by atoms with E-state index < -0.39 is 4.92 Å². The van der Waals surface area contributed by atoms with Crippen molar-refractivity contribution in [1.29, 1.82) is 0 Å². The maximum absolute atomic E-state index is 11.2. The summed E-state index contributed by atoms with van der Waals surface area (Å²) in [5, 5.41) is 17.1. The number of anilines is 2. The first-order chi connectivity index (χ1) is 11.4. The monoisotopic (exact) mass is 346 g/mol. The Morgan fingerprint density at radius 2 is 2.17 bits per heavy atom. The SMILES string of the molecule is CC(=O)N[C@H]1CCc2cc(Nc3nc(Cl)ccc3[N+](=O)[O-])ccc21. The van der Waals surface area contributed by atoms with Crippen LogP contribution in [0.1, 0.15) is 30.5 Å². The lowest BCUT2D eigenvalue weighted by molar-refractivity contribution is -0.384. The lowest BCUT2D eigenvalue weighted by atomic mass is 10.1. The summed E-state index contributed by atoms with van der Waals surface area (Å²) in [6.45, 7) is 1.50. The van der Waals surface area contributed by atoms with Crippen LogP contribution < -0.4 is 10.6 Å². The summed E-state index contributed by atoms with van der Waals surface area (Å²) >= 11 is 5.84. The minimum Gasteiger partial charge on any atom is -0.350 e. The maximum Gasteiger partial charge on any atom is 0.311 e. The molecule has 124 valence electrons. The zero-order valence-corrected chi connectivity index (χ0v) is 13.6. The summed E-state index contributed by atoms with van der Waals surface area (Å²) in [6, 6.07) is 8.37. The number of halogens is 1. The Hall–Kier alpha value is -2.67. The van der Waals surface area contributed by atoms with Crippen molar-refractivity contribution in [3.05, 3.63) is 56.7 Å². The zero-order chi connectivity index (χ0) is 17.3. The molecule has 8 heteroatoms. The van der Waals surface area contributed by atoms with Crippen LogP contribution in [0.5, 0.6) is 0 Å². The van der Waals surface area contributed by atoms with Crippen LogP contribution in [0.25, 0.3) is 0 Å². The predicted octanol–water partition coefficient (Wildman–Crippen LogP) is 3.51. The molecule has 0 saturated carbocycles. The molecule has 0 radical (unpaired) electrons. The van der Waals surface area contributed by atoms with Gasteiger partial charge in [-0.3, -0.25) is 14.9 Å². The first-order valence-corrected chi connectivity index (χ1v) is 7.79. The predicted molar refractivity (Wildman–Crippen MR) is 90.5 cm³/mol. The third-order valence-electron chi connectivity index (χ3n) is 3.90. The second-order valence-corrected chi connectivity index (χ2v) is 5.98. The van der Waals surface area contributed by atoms with Gasteiger partial charge in [0.2, 0.25) is 11.7 Å². The number of amides is 1. The minimum absolute atomic E-state index is 0.0187. The number of nitrogens with one attached hydrogen (secondary N) is 2. The van der Waals surface area contributed by atoms with Gasteiger partial charge in [0.05, 0.1) is 11.0 Å². The number of hydrogen-bond donors (Lipinski definition) is 2. The van der Waals surface area contributed by atoms with Gasteiger partial charge in [0, 0.05) is 18.7 Å². The van der Waals surface area contributed by atoms with Crippen molar-refractivity contribution in [3.8, 4) is 0 Å². The van der Waals surface area contributed by atoms with Crippen molar-refractivity contribution in [1.82, 2.24) is 10.3 Å². The average Bonchev–Trinajstić information content (AvgIpc) is 2.88. The van der Waals surface area contributed by atoms with Crippen molar-refractivity contribution < 1.29 is 9.72 Å². The zero-order valence-electron chi connectivity index (χ0n) is 12.9. The third-order valence-corrected chi connectivity index (χ3v) is 4.11. The van der Waals surface area contributed by atoms with Crippen LogP contribution in [0.3, 0.4) is 0 Å². The highest BCUT2D eigenvalue weighted by molar-refractivity contribution is 6.29. The number of pyridine rings is 1. The molecular weight excluding hydrogens is 332 g/mol. The van der Waals surface area contributed by atoms with Gasteiger partial charge in [-0.1, -0.05) is 17.7 Å². The molecule has 0 aliphatic heterocycles. The summed E-state index contributed by atoms with van der Waals surface area (Å²) in [7, 11) is 0. The molecule has 1 aromatic carbocycles. The number of benzene rings is 1. The van der Waals surface area contributed by atoms with Crippen LogP contribution in [-0.4, -0.2) is 15.8 Å². The van der Waals surface area contributed by atoms with E-state index in [4.69, 9.17) is 11.6 Å². The molecule has 1 atom stereocenters. The van der Waals surface area contributed by atoms with Gasteiger partial charge in [0.1, 0.15) is 5.15 Å². The topological polar surface area (TPSA) is 97.2 Å². The number of nitrogens with zero attached hydrogens (tertiary/aromatic N) is 2. The molecule has 7 nitrogen and oxygen atoms in total. The van der Waals surface area contributed by atoms with E-state index in [1.54, 1.807) is 0 Å². The first kappa shape index (κ1) is 16.2. The normalized spacial score (nSPS) is 15.7. The van der Waals surface area contributed by atoms with Gasteiger partial charge in [0.25, 0.3) is 0 Å². The van der Waals surface area contributed by atoms with Gasteiger partial charge in [-0.05, 0) is 42.2 Å². The van der Waals surface area contributed by atoms with Gasteiger partial charge < -0.3 is 10.6 Å². The van der Waals surface area contributed by atoms with E-state index in [0.29, 0.717) is 5.69 Å². The second-order valence-electron chi connectivity index (χ2n) is 5.59. The fraction of sp³-hybridized carbons (Fsp3) is 0.250. The molecule has 1 heterocycles. The Labute approximate surface area is 143 Å². The highest BCUT2D eigenvalue weighted by Crippen LogP contribution is 2.34. The Morgan fingerprint density at radius 3 is 2.88 bits per heavy atom. The lowest BCUT2D eigenvalue weighted by Crippen LogP contribution is -2.24. The van der Waals surface area contributed by atoms with Crippen LogP contribution in [0.15, 0.2) is 30.3 Å². The van der Waals surface area contributed by atoms with E-state index in [9.17, 15) is 14.9 Å². The average molecular weight is 347 g/mol. The Bertz CT molecular complexity index is 825. The van der Waals surface area contributed by atoms with Crippen LogP contribution in [0.4, 0.5) is 17.2 Å². The summed E-state index contributed by atoms with van der Waals surface area (Å²) in [4.78, 5) is 25.8. The number of nitro groups is 1. The highest BCUT2D eigenvalue weighted by Gasteiger charge is 2.23. The number of aryl methyl sites for hydroxylation is 1. The van der Waals surface area contributed by atoms with Crippen molar-refractivity contribution in [2.75, 3.05) is 5.32 Å². The third kappa shape index (κ3) is 3.30. The van der Waals surface area contributed by atoms with Gasteiger partial charge in [-0.25, -0.2) is 4.98 Å². The number of hydrogen-bond acceptors (Lipinski definition) is 5. The fourth-order valence-corrected chi connectivity index (χ4v) is 3.04. The molecule has 0 unspecified atom stereocenters. The molecule has 1 amide bonds. The van der Waals surface area contributed by atoms with Gasteiger partial charge >= 0.3 is 5.69 Å². The Kier molecular flexibility index (Phi) is 4.35. The second kappa shape index (κ2) is 6.45. The van der Waals surface area contributed by atoms with E-state index >= 15 is 0 Å². The Morgan fingerprint density at radius 1 is 1.38 bits per heavy atom. The number of carbonyl (C=O) groups is 1. The van der Waals surface area contributed by atoms with Crippen molar-refractivity contribution in [2.45, 2.75) is 25.8 Å². The van der Waals surface area contributed by atoms with E-state index in [0.717, 1.165) is 24.0 Å². The lowest BCUT2D eigenvalue weighted by Gasteiger charge is -2.13. The molecule has 1 aliphatic carbocycles. The van der Waals surface area contributed by atoms with E-state index in [1.165, 1.54) is 19.1 Å². The molecule has 1 aromatic heterocycles. The molecule has 1 aliphatic rings. The number of carbonyl (C=O) groups excluding carboxylic acids is 1. The molecule has 24 heavy (non-hydrogen) atoms. The summed E-state index contributed by atoms with van der Waals surface area (Å²) in [5.74, 6) is 0.0395. The number of rotatable bonds is 4. The first-order valence-electron chi connectivity index (χ1n) is 7.42. The molecular formula is C16H15ClN4O3. The number of aromatic nitrogens is 1. The van der Waals surface area contributed by atoms with E-state index in [-0.39, 0.29) is 28.6 Å². The minimum atomic E-state index is -0.508. The van der Waals surface area contributed by atoms with Gasteiger partial charge in [0.15, 0.2) is 0 Å². The van der Waals surface area contributed by atoms with Crippen molar-refractivity contribution >= 4 is 34.7 Å².